The molecule has 0 rings (SSSR count). The first-order valence-corrected chi connectivity index (χ1v) is 10.1. The number of hydrogen-bond acceptors (Lipinski definition) is 6. The fourth-order valence-electron chi connectivity index (χ4n) is 1.65. The van der Waals surface area contributed by atoms with Crippen molar-refractivity contribution in [3.63, 3.8) is 0 Å². The van der Waals surface area contributed by atoms with Gasteiger partial charge in [0.25, 0.3) is 0 Å². The minimum absolute atomic E-state index is 0.0315. The van der Waals surface area contributed by atoms with E-state index in [1.807, 2.05) is 0 Å². The molecular formula is C15H36NO7P. The molecule has 0 aliphatic heterocycles. The van der Waals surface area contributed by atoms with Crippen LogP contribution in [-0.4, -0.2) is 58.6 Å². The van der Waals surface area contributed by atoms with Crippen LogP contribution < -0.4 is 5.73 Å². The smallest absolute Gasteiger partial charge is 0.392 e. The van der Waals surface area contributed by atoms with Gasteiger partial charge < -0.3 is 30.5 Å². The summed E-state index contributed by atoms with van der Waals surface area (Å²) in [6.45, 7) is 4.78. The summed E-state index contributed by atoms with van der Waals surface area (Å²) in [5.74, 6) is 0. The van der Waals surface area contributed by atoms with E-state index in [-0.39, 0.29) is 12.7 Å². The molecule has 0 fully saturated rings. The van der Waals surface area contributed by atoms with E-state index >= 15 is 0 Å². The van der Waals surface area contributed by atoms with Crippen LogP contribution in [-0.2, 0) is 13.8 Å². The van der Waals surface area contributed by atoms with Crippen molar-refractivity contribution >= 4 is 7.82 Å². The lowest BCUT2D eigenvalue weighted by Crippen LogP contribution is -2.21. The molecular weight excluding hydrogens is 337 g/mol. The average molecular weight is 373 g/mol. The Balaban J connectivity index is 0. The molecule has 8 nitrogen and oxygen atoms in total. The molecule has 0 radical (unpaired) electrons. The van der Waals surface area contributed by atoms with Crippen LogP contribution in [0, 0.1) is 0 Å². The monoisotopic (exact) mass is 373 g/mol. The standard InChI is InChI=1S/C8H19O6P.C7H17NO/c1-2-3-4-5-13-6-8(9)7-14-15(10,11)12;1-2-3-4-5-7(9)6-8/h8-9H,2-7H2,1H3,(H2,10,11,12);7,9H,2-6,8H2,1H3. The molecule has 0 aromatic heterocycles. The highest BCUT2D eigenvalue weighted by Crippen LogP contribution is 2.35. The zero-order valence-corrected chi connectivity index (χ0v) is 15.9. The van der Waals surface area contributed by atoms with Gasteiger partial charge in [-0.2, -0.15) is 0 Å². The average Bonchev–Trinajstić information content (AvgIpc) is 2.52. The van der Waals surface area contributed by atoms with Gasteiger partial charge in [0.1, 0.15) is 6.10 Å². The van der Waals surface area contributed by atoms with Crippen LogP contribution in [0.1, 0.15) is 58.8 Å². The van der Waals surface area contributed by atoms with Crippen molar-refractivity contribution in [1.82, 2.24) is 0 Å². The summed E-state index contributed by atoms with van der Waals surface area (Å²) in [5, 5.41) is 18.1. The Bertz CT molecular complexity index is 302. The summed E-state index contributed by atoms with van der Waals surface area (Å²) in [6.07, 6.45) is 6.19. The molecule has 0 saturated carbocycles. The van der Waals surface area contributed by atoms with Gasteiger partial charge in [0.05, 0.1) is 19.3 Å². The Hall–Kier alpha value is -0.0500. The fraction of sp³-hybridized carbons (Fsp3) is 1.00. The van der Waals surface area contributed by atoms with Crippen molar-refractivity contribution in [2.75, 3.05) is 26.4 Å². The molecule has 0 heterocycles. The Labute approximate surface area is 145 Å². The maximum Gasteiger partial charge on any atom is 0.469 e. The number of aliphatic hydroxyl groups excluding tert-OH is 2. The molecule has 148 valence electrons. The van der Waals surface area contributed by atoms with Crippen LogP contribution in [0.15, 0.2) is 0 Å². The highest BCUT2D eigenvalue weighted by atomic mass is 31.2. The number of rotatable bonds is 14. The molecule has 9 heteroatoms. The minimum atomic E-state index is -4.48. The highest BCUT2D eigenvalue weighted by molar-refractivity contribution is 7.46. The lowest BCUT2D eigenvalue weighted by Gasteiger charge is -2.11. The number of aliphatic hydroxyl groups is 2. The van der Waals surface area contributed by atoms with Gasteiger partial charge in [0.2, 0.25) is 0 Å². The van der Waals surface area contributed by atoms with Gasteiger partial charge in [-0.1, -0.05) is 46.0 Å². The van der Waals surface area contributed by atoms with Gasteiger partial charge in [-0.3, -0.25) is 4.52 Å². The first-order chi connectivity index (χ1) is 11.3. The van der Waals surface area contributed by atoms with Crippen molar-refractivity contribution in [1.29, 1.82) is 0 Å². The summed E-state index contributed by atoms with van der Waals surface area (Å²) in [4.78, 5) is 16.7. The van der Waals surface area contributed by atoms with Crippen molar-refractivity contribution in [2.45, 2.75) is 71.0 Å². The number of phosphoric ester groups is 1. The van der Waals surface area contributed by atoms with E-state index in [2.05, 4.69) is 18.4 Å². The van der Waals surface area contributed by atoms with Crippen LogP contribution >= 0.6 is 7.82 Å². The molecule has 2 atom stereocenters. The van der Waals surface area contributed by atoms with E-state index in [9.17, 15) is 9.67 Å². The van der Waals surface area contributed by atoms with Crippen molar-refractivity contribution in [2.24, 2.45) is 5.73 Å². The molecule has 0 aromatic rings. The summed E-state index contributed by atoms with van der Waals surface area (Å²) >= 11 is 0. The molecule has 0 spiro atoms. The fourth-order valence-corrected chi connectivity index (χ4v) is 2.02. The molecule has 2 unspecified atom stereocenters. The lowest BCUT2D eigenvalue weighted by molar-refractivity contribution is 0.00483. The van der Waals surface area contributed by atoms with E-state index in [4.69, 9.17) is 25.4 Å². The van der Waals surface area contributed by atoms with Gasteiger partial charge in [-0.25, -0.2) is 4.57 Å². The molecule has 0 bridgehead atoms. The van der Waals surface area contributed by atoms with Gasteiger partial charge in [-0.15, -0.1) is 0 Å². The first kappa shape index (κ1) is 26.2. The maximum absolute atomic E-state index is 10.3. The van der Waals surface area contributed by atoms with Crippen LogP contribution in [0.3, 0.4) is 0 Å². The van der Waals surface area contributed by atoms with Crippen molar-refractivity contribution in [3.8, 4) is 0 Å². The summed E-state index contributed by atoms with van der Waals surface area (Å²) in [7, 11) is -4.48. The Kier molecular flexibility index (Phi) is 19.4. The molecule has 6 N–H and O–H groups in total. The first-order valence-electron chi connectivity index (χ1n) is 8.60. The van der Waals surface area contributed by atoms with Crippen molar-refractivity contribution < 1.29 is 33.8 Å². The van der Waals surface area contributed by atoms with Crippen LogP contribution in [0.2, 0.25) is 0 Å². The third kappa shape index (κ3) is 24.2. The summed E-state index contributed by atoms with van der Waals surface area (Å²) < 4.78 is 19.5. The Morgan fingerprint density at radius 3 is 2.04 bits per heavy atom. The largest absolute Gasteiger partial charge is 0.469 e. The third-order valence-corrected chi connectivity index (χ3v) is 3.54. The Morgan fingerprint density at radius 1 is 0.958 bits per heavy atom. The number of unbranched alkanes of at least 4 members (excludes halogenated alkanes) is 4. The van der Waals surface area contributed by atoms with Crippen LogP contribution in [0.25, 0.3) is 0 Å². The van der Waals surface area contributed by atoms with Crippen LogP contribution in [0.4, 0.5) is 0 Å². The van der Waals surface area contributed by atoms with E-state index in [1.54, 1.807) is 0 Å². The minimum Gasteiger partial charge on any atom is -0.392 e. The van der Waals surface area contributed by atoms with E-state index < -0.39 is 20.5 Å². The highest BCUT2D eigenvalue weighted by Gasteiger charge is 2.16. The molecule has 24 heavy (non-hydrogen) atoms. The normalized spacial score (nSPS) is 14.0. The van der Waals surface area contributed by atoms with E-state index in [0.29, 0.717) is 13.2 Å². The molecule has 0 aromatic carbocycles. The van der Waals surface area contributed by atoms with E-state index in [1.165, 1.54) is 12.8 Å². The molecule has 0 amide bonds. The van der Waals surface area contributed by atoms with Crippen molar-refractivity contribution in [3.05, 3.63) is 0 Å². The number of hydrogen-bond donors (Lipinski definition) is 5. The lowest BCUT2D eigenvalue weighted by atomic mass is 10.1. The predicted molar refractivity (Wildman–Crippen MR) is 93.6 cm³/mol. The zero-order valence-electron chi connectivity index (χ0n) is 15.0. The molecule has 0 aliphatic carbocycles. The van der Waals surface area contributed by atoms with Gasteiger partial charge in [0.15, 0.2) is 0 Å². The van der Waals surface area contributed by atoms with Crippen LogP contribution in [0.5, 0.6) is 0 Å². The molecule has 0 saturated heterocycles. The quantitative estimate of drug-likeness (QED) is 0.228. The second-order valence-electron chi connectivity index (χ2n) is 5.61. The Morgan fingerprint density at radius 2 is 1.54 bits per heavy atom. The maximum atomic E-state index is 10.3. The summed E-state index contributed by atoms with van der Waals surface area (Å²) in [5.41, 5.74) is 5.20. The second-order valence-corrected chi connectivity index (χ2v) is 6.85. The second kappa shape index (κ2) is 17.8. The van der Waals surface area contributed by atoms with Gasteiger partial charge in [0, 0.05) is 13.2 Å². The molecule has 0 aliphatic rings. The zero-order chi connectivity index (χ0) is 18.8. The topological polar surface area (TPSA) is 142 Å². The van der Waals surface area contributed by atoms with Gasteiger partial charge >= 0.3 is 7.82 Å². The third-order valence-electron chi connectivity index (χ3n) is 3.05. The number of ether oxygens (including phenoxy) is 1. The summed E-state index contributed by atoms with van der Waals surface area (Å²) in [6, 6.07) is 0. The van der Waals surface area contributed by atoms with E-state index in [0.717, 1.165) is 32.1 Å². The van der Waals surface area contributed by atoms with Gasteiger partial charge in [-0.05, 0) is 12.8 Å². The number of nitrogens with two attached hydrogens (primary N) is 1. The number of phosphoric acid groups is 1. The SMILES string of the molecule is CCCCCC(O)CN.CCCCCOCC(O)COP(=O)(O)O. The predicted octanol–water partition coefficient (Wildman–Crippen LogP) is 1.55.